The van der Waals surface area contributed by atoms with Crippen LogP contribution in [0.4, 0.5) is 0 Å². The molecule has 2 rings (SSSR count). The number of hydrogen-bond donors (Lipinski definition) is 1. The Morgan fingerprint density at radius 1 is 1.23 bits per heavy atom. The highest BCUT2D eigenvalue weighted by molar-refractivity contribution is 6.05. The highest BCUT2D eigenvalue weighted by Gasteiger charge is 2.51. The van der Waals surface area contributed by atoms with Crippen LogP contribution in [0.2, 0.25) is 0 Å². The smallest absolute Gasteiger partial charge is 0.250 e. The quantitative estimate of drug-likeness (QED) is 0.507. The van der Waals surface area contributed by atoms with E-state index in [9.17, 15) is 9.59 Å². The summed E-state index contributed by atoms with van der Waals surface area (Å²) in [6.45, 7) is 8.06. The summed E-state index contributed by atoms with van der Waals surface area (Å²) >= 11 is 0. The Morgan fingerprint density at radius 2 is 1.96 bits per heavy atom. The number of terminal acetylenes is 1. The molecule has 26 heavy (non-hydrogen) atoms. The second-order valence-electron chi connectivity index (χ2n) is 6.89. The molecule has 0 spiro atoms. The summed E-state index contributed by atoms with van der Waals surface area (Å²) < 4.78 is 23.6. The van der Waals surface area contributed by atoms with Crippen molar-refractivity contribution < 1.29 is 28.5 Å². The van der Waals surface area contributed by atoms with Crippen molar-refractivity contribution in [1.29, 1.82) is 0 Å². The van der Waals surface area contributed by atoms with Crippen molar-refractivity contribution in [3.63, 3.8) is 0 Å². The summed E-state index contributed by atoms with van der Waals surface area (Å²) in [5, 5.41) is 2.29. The number of carbonyl (C=O) groups excluding carboxylic acids is 2. The lowest BCUT2D eigenvalue weighted by Gasteiger charge is -2.28. The summed E-state index contributed by atoms with van der Waals surface area (Å²) in [7, 11) is 0. The molecule has 7 nitrogen and oxygen atoms in total. The van der Waals surface area contributed by atoms with Crippen molar-refractivity contribution in [2.24, 2.45) is 5.92 Å². The van der Waals surface area contributed by atoms with Crippen LogP contribution >= 0.6 is 0 Å². The lowest BCUT2D eigenvalue weighted by atomic mass is 9.92. The van der Waals surface area contributed by atoms with E-state index in [0.717, 1.165) is 0 Å². The largest absolute Gasteiger partial charge is 0.376 e. The zero-order valence-electron chi connectivity index (χ0n) is 15.6. The van der Waals surface area contributed by atoms with Gasteiger partial charge in [0.2, 0.25) is 11.8 Å². The lowest BCUT2D eigenvalue weighted by molar-refractivity contribution is -0.136. The molecule has 2 heterocycles. The minimum absolute atomic E-state index is 0.0259. The third-order valence-electron chi connectivity index (χ3n) is 4.09. The van der Waals surface area contributed by atoms with Gasteiger partial charge in [0.15, 0.2) is 0 Å². The molecule has 2 amide bonds. The summed E-state index contributed by atoms with van der Waals surface area (Å²) in [5.74, 6) is 0.899. The van der Waals surface area contributed by atoms with E-state index in [1.165, 1.54) is 12.2 Å². The van der Waals surface area contributed by atoms with Crippen molar-refractivity contribution >= 4 is 11.8 Å². The van der Waals surface area contributed by atoms with Crippen molar-refractivity contribution in [3.05, 3.63) is 12.2 Å². The predicted molar refractivity (Wildman–Crippen MR) is 94.1 cm³/mol. The van der Waals surface area contributed by atoms with Gasteiger partial charge < -0.3 is 18.9 Å². The van der Waals surface area contributed by atoms with E-state index in [0.29, 0.717) is 6.61 Å². The number of nitrogens with one attached hydrogen (secondary N) is 1. The Kier molecular flexibility index (Phi) is 7.35. The van der Waals surface area contributed by atoms with E-state index in [-0.39, 0.29) is 18.8 Å². The Morgan fingerprint density at radius 3 is 2.54 bits per heavy atom. The van der Waals surface area contributed by atoms with Crippen LogP contribution in [0.3, 0.4) is 0 Å². The Bertz CT molecular complexity index is 579. The fourth-order valence-corrected chi connectivity index (χ4v) is 3.06. The number of amides is 2. The zero-order chi connectivity index (χ0) is 19.3. The zero-order valence-corrected chi connectivity index (χ0v) is 15.6. The van der Waals surface area contributed by atoms with Crippen LogP contribution in [0, 0.1) is 18.3 Å². The van der Waals surface area contributed by atoms with Gasteiger partial charge in [-0.05, 0) is 27.7 Å². The number of rotatable bonds is 8. The van der Waals surface area contributed by atoms with E-state index in [4.69, 9.17) is 25.4 Å². The van der Waals surface area contributed by atoms with E-state index in [1.54, 1.807) is 0 Å². The molecule has 0 aliphatic carbocycles. The average molecular weight is 365 g/mol. The third-order valence-corrected chi connectivity index (χ3v) is 4.09. The topological polar surface area (TPSA) is 83.1 Å². The molecule has 0 saturated carbocycles. The van der Waals surface area contributed by atoms with Crippen molar-refractivity contribution in [2.75, 3.05) is 13.2 Å². The van der Waals surface area contributed by atoms with E-state index < -0.39 is 42.1 Å². The molecule has 1 N–H and O–H groups in total. The normalized spacial score (nSPS) is 31.5. The highest BCUT2D eigenvalue weighted by Crippen LogP contribution is 2.33. The Labute approximate surface area is 154 Å². The molecule has 1 fully saturated rings. The molecule has 2 aliphatic heterocycles. The SMILES string of the molecule is C#CCO[C@H]1C(OC(C)C)[C@@H](COC(C)C)O[C@H]1C1C=CC(=O)NC1=O. The van der Waals surface area contributed by atoms with E-state index in [2.05, 4.69) is 11.2 Å². The van der Waals surface area contributed by atoms with Gasteiger partial charge in [-0.1, -0.05) is 12.0 Å². The van der Waals surface area contributed by atoms with Gasteiger partial charge in [-0.25, -0.2) is 0 Å². The maximum absolute atomic E-state index is 12.3. The first-order valence-electron chi connectivity index (χ1n) is 8.84. The van der Waals surface area contributed by atoms with Crippen molar-refractivity contribution in [1.82, 2.24) is 5.32 Å². The molecule has 0 aromatic rings. The standard InChI is InChI=1S/C19H27NO6/c1-6-9-23-18-16(13-7-8-15(21)20-19(13)22)26-14(10-24-11(2)3)17(18)25-12(4)5/h1,7-8,11-14,16-18H,9-10H2,2-5H3,(H,20,21,22)/t13?,14-,16+,17?,18-/m1/s1. The maximum atomic E-state index is 12.3. The average Bonchev–Trinajstić information content (AvgIpc) is 2.87. The van der Waals surface area contributed by atoms with Gasteiger partial charge in [0.1, 0.15) is 31.0 Å². The minimum atomic E-state index is -0.669. The summed E-state index contributed by atoms with van der Waals surface area (Å²) in [4.78, 5) is 23.7. The second-order valence-corrected chi connectivity index (χ2v) is 6.89. The molecule has 144 valence electrons. The van der Waals surface area contributed by atoms with Gasteiger partial charge in [0.25, 0.3) is 0 Å². The first-order valence-corrected chi connectivity index (χ1v) is 8.84. The lowest BCUT2D eigenvalue weighted by Crippen LogP contribution is -2.48. The summed E-state index contributed by atoms with van der Waals surface area (Å²) in [6, 6.07) is 0. The van der Waals surface area contributed by atoms with Crippen LogP contribution in [0.5, 0.6) is 0 Å². The van der Waals surface area contributed by atoms with E-state index in [1.807, 2.05) is 27.7 Å². The van der Waals surface area contributed by atoms with Crippen LogP contribution in [0.25, 0.3) is 0 Å². The van der Waals surface area contributed by atoms with Gasteiger partial charge in [-0.15, -0.1) is 6.42 Å². The molecule has 0 aromatic carbocycles. The van der Waals surface area contributed by atoms with Crippen LogP contribution < -0.4 is 5.32 Å². The Hall–Kier alpha value is -1.72. The minimum Gasteiger partial charge on any atom is -0.376 e. The molecule has 0 bridgehead atoms. The van der Waals surface area contributed by atoms with Crippen LogP contribution in [-0.4, -0.2) is 61.7 Å². The third kappa shape index (κ3) is 5.15. The molecule has 1 saturated heterocycles. The molecule has 5 atom stereocenters. The first-order chi connectivity index (χ1) is 12.3. The van der Waals surface area contributed by atoms with Gasteiger partial charge in [0.05, 0.1) is 24.7 Å². The van der Waals surface area contributed by atoms with Gasteiger partial charge in [-0.2, -0.15) is 0 Å². The molecule has 2 unspecified atom stereocenters. The number of carbonyl (C=O) groups is 2. The molecule has 2 aliphatic rings. The van der Waals surface area contributed by atoms with Crippen LogP contribution in [-0.2, 0) is 28.5 Å². The Balaban J connectivity index is 2.26. The number of imide groups is 1. The molecule has 0 radical (unpaired) electrons. The fourth-order valence-electron chi connectivity index (χ4n) is 3.06. The first kappa shape index (κ1) is 20.6. The van der Waals surface area contributed by atoms with Gasteiger partial charge in [0, 0.05) is 6.08 Å². The predicted octanol–water partition coefficient (Wildman–Crippen LogP) is 0.820. The second kappa shape index (κ2) is 9.28. The molecule has 7 heteroatoms. The van der Waals surface area contributed by atoms with E-state index >= 15 is 0 Å². The molecular formula is C19H27NO6. The van der Waals surface area contributed by atoms with Crippen molar-refractivity contribution in [3.8, 4) is 12.3 Å². The van der Waals surface area contributed by atoms with Crippen LogP contribution in [0.15, 0.2) is 12.2 Å². The van der Waals surface area contributed by atoms with Crippen LogP contribution in [0.1, 0.15) is 27.7 Å². The summed E-state index contributed by atoms with van der Waals surface area (Å²) in [6.07, 6.45) is 6.12. The van der Waals surface area contributed by atoms with Crippen molar-refractivity contribution in [2.45, 2.75) is 64.3 Å². The van der Waals surface area contributed by atoms with Gasteiger partial charge in [-0.3, -0.25) is 14.9 Å². The highest BCUT2D eigenvalue weighted by atomic mass is 16.6. The molecular weight excluding hydrogens is 338 g/mol. The molecule has 0 aromatic heterocycles. The fraction of sp³-hybridized carbons (Fsp3) is 0.684. The maximum Gasteiger partial charge on any atom is 0.250 e. The van der Waals surface area contributed by atoms with Gasteiger partial charge >= 0.3 is 0 Å². The summed E-state index contributed by atoms with van der Waals surface area (Å²) in [5.41, 5.74) is 0. The number of ether oxygens (including phenoxy) is 4. The number of hydrogen-bond acceptors (Lipinski definition) is 6. The monoisotopic (exact) mass is 365 g/mol.